The summed E-state index contributed by atoms with van der Waals surface area (Å²) in [6, 6.07) is 5.94. The molecule has 1 aliphatic carbocycles. The average Bonchev–Trinajstić information content (AvgIpc) is 2.46. The Bertz CT molecular complexity index is 835. The van der Waals surface area contributed by atoms with Gasteiger partial charge in [-0.05, 0) is 42.7 Å². The van der Waals surface area contributed by atoms with Crippen molar-refractivity contribution in [2.45, 2.75) is 25.7 Å². The van der Waals surface area contributed by atoms with Crippen LogP contribution in [-0.4, -0.2) is 19.9 Å². The molecule has 23 heavy (non-hydrogen) atoms. The van der Waals surface area contributed by atoms with Crippen LogP contribution in [-0.2, 0) is 19.2 Å². The van der Waals surface area contributed by atoms with Gasteiger partial charge in [-0.1, -0.05) is 42.7 Å². The number of hydrogen-bond acceptors (Lipinski definition) is 5. The maximum absolute atomic E-state index is 12.2. The lowest BCUT2D eigenvalue weighted by atomic mass is 9.90. The number of benzene rings is 1. The van der Waals surface area contributed by atoms with E-state index >= 15 is 0 Å². The fourth-order valence-electron chi connectivity index (χ4n) is 2.01. The molecule has 0 unspecified atom stereocenters. The van der Waals surface area contributed by atoms with Crippen molar-refractivity contribution in [2.75, 3.05) is 0 Å². The maximum atomic E-state index is 12.2. The fraction of sp³-hybridized carbons (Fsp3) is 0.250. The minimum Gasteiger partial charge on any atom is -0.290 e. The van der Waals surface area contributed by atoms with Crippen LogP contribution in [0.2, 0.25) is 5.02 Å². The van der Waals surface area contributed by atoms with Gasteiger partial charge in [-0.3, -0.25) is 9.08 Å². The van der Waals surface area contributed by atoms with Gasteiger partial charge in [0.15, 0.2) is 5.78 Å². The molecule has 1 aromatic rings. The summed E-state index contributed by atoms with van der Waals surface area (Å²) in [5.41, 5.74) is 1.38. The van der Waals surface area contributed by atoms with Crippen LogP contribution in [0.25, 0.3) is 0 Å². The van der Waals surface area contributed by atoms with E-state index in [9.17, 15) is 13.2 Å². The van der Waals surface area contributed by atoms with E-state index in [1.54, 1.807) is 19.1 Å². The van der Waals surface area contributed by atoms with Crippen LogP contribution in [0.1, 0.15) is 20.8 Å². The Labute approximate surface area is 140 Å². The molecule has 0 amide bonds. The summed E-state index contributed by atoms with van der Waals surface area (Å²) in [6.45, 7) is 5.41. The highest BCUT2D eigenvalue weighted by molar-refractivity contribution is 7.86. The molecular weight excluding hydrogens is 338 g/mol. The fourth-order valence-corrected chi connectivity index (χ4v) is 3.24. The van der Waals surface area contributed by atoms with E-state index in [1.165, 1.54) is 24.3 Å². The molecule has 0 aliphatic heterocycles. The Morgan fingerprint density at radius 2 is 1.83 bits per heavy atom. The smallest absolute Gasteiger partial charge is 0.290 e. The Morgan fingerprint density at radius 3 is 2.43 bits per heavy atom. The van der Waals surface area contributed by atoms with Crippen molar-refractivity contribution >= 4 is 33.2 Å². The van der Waals surface area contributed by atoms with Crippen molar-refractivity contribution < 1.29 is 17.5 Å². The van der Waals surface area contributed by atoms with Crippen LogP contribution in [0, 0.1) is 5.92 Å². The zero-order valence-corrected chi connectivity index (χ0v) is 14.5. The molecule has 0 saturated heterocycles. The molecule has 1 aromatic carbocycles. The van der Waals surface area contributed by atoms with Crippen LogP contribution in [0.5, 0.6) is 0 Å². The molecule has 0 heterocycles. The van der Waals surface area contributed by atoms with Gasteiger partial charge in [0, 0.05) is 5.57 Å². The normalized spacial score (nSPS) is 17.3. The number of carbonyl (C=O) groups is 1. The molecular formula is C16H16ClNO4S. The monoisotopic (exact) mass is 353 g/mol. The molecule has 0 bridgehead atoms. The number of rotatable bonds is 4. The molecule has 122 valence electrons. The van der Waals surface area contributed by atoms with E-state index in [0.29, 0.717) is 16.9 Å². The highest BCUT2D eigenvalue weighted by atomic mass is 35.5. The topological polar surface area (TPSA) is 72.8 Å². The van der Waals surface area contributed by atoms with Crippen molar-refractivity contribution in [3.05, 3.63) is 52.6 Å². The second-order valence-corrected chi connectivity index (χ2v) is 7.29. The number of hydrogen-bond donors (Lipinski definition) is 0. The van der Waals surface area contributed by atoms with Crippen LogP contribution in [0.3, 0.4) is 0 Å². The SMILES string of the molecule is CC1=CC(=O)C(C(C)C)=C/C1=N\OS(=O)(=O)c1ccccc1Cl. The summed E-state index contributed by atoms with van der Waals surface area (Å²) in [7, 11) is -4.13. The molecule has 0 radical (unpaired) electrons. The molecule has 1 aliphatic rings. The Balaban J connectivity index is 2.34. The summed E-state index contributed by atoms with van der Waals surface area (Å²) in [5, 5.41) is 3.75. The van der Waals surface area contributed by atoms with Gasteiger partial charge in [0.25, 0.3) is 0 Å². The van der Waals surface area contributed by atoms with E-state index in [1.807, 2.05) is 13.8 Å². The first-order valence-corrected chi connectivity index (χ1v) is 8.72. The lowest BCUT2D eigenvalue weighted by Gasteiger charge is -2.14. The second kappa shape index (κ2) is 6.68. The number of carbonyl (C=O) groups excluding carboxylic acids is 1. The predicted molar refractivity (Wildman–Crippen MR) is 88.8 cm³/mol. The quantitative estimate of drug-likeness (QED) is 0.613. The molecule has 0 aromatic heterocycles. The van der Waals surface area contributed by atoms with Gasteiger partial charge in [0.05, 0.1) is 5.02 Å². The Hall–Kier alpha value is -1.92. The maximum Gasteiger partial charge on any atom is 0.359 e. The van der Waals surface area contributed by atoms with Gasteiger partial charge in [-0.15, -0.1) is 0 Å². The van der Waals surface area contributed by atoms with Crippen molar-refractivity contribution in [2.24, 2.45) is 11.1 Å². The molecule has 2 rings (SSSR count). The van der Waals surface area contributed by atoms with E-state index in [0.717, 1.165) is 0 Å². The van der Waals surface area contributed by atoms with Crippen molar-refractivity contribution in [3.8, 4) is 0 Å². The summed E-state index contributed by atoms with van der Waals surface area (Å²) in [5.74, 6) is -0.109. The standard InChI is InChI=1S/C16H16ClNO4S/c1-10(2)12-9-14(11(3)8-15(12)19)18-22-23(20,21)16-7-5-4-6-13(16)17/h4-10H,1-3H3/b18-14+. The minimum absolute atomic E-state index is 0.00257. The largest absolute Gasteiger partial charge is 0.359 e. The molecule has 7 heteroatoms. The van der Waals surface area contributed by atoms with E-state index in [-0.39, 0.29) is 21.6 Å². The summed E-state index contributed by atoms with van der Waals surface area (Å²) in [6.07, 6.45) is 2.96. The van der Waals surface area contributed by atoms with Crippen molar-refractivity contribution in [1.29, 1.82) is 0 Å². The van der Waals surface area contributed by atoms with Crippen LogP contribution in [0.15, 0.2) is 57.6 Å². The third-order valence-electron chi connectivity index (χ3n) is 3.29. The molecule has 0 saturated carbocycles. The minimum atomic E-state index is -4.13. The highest BCUT2D eigenvalue weighted by Gasteiger charge is 2.22. The number of oxime groups is 1. The third-order valence-corrected chi connectivity index (χ3v) is 4.90. The number of nitrogens with zero attached hydrogens (tertiary/aromatic N) is 1. The molecule has 5 nitrogen and oxygen atoms in total. The first-order valence-electron chi connectivity index (χ1n) is 6.93. The zero-order valence-electron chi connectivity index (χ0n) is 12.9. The predicted octanol–water partition coefficient (Wildman–Crippen LogP) is 3.51. The van der Waals surface area contributed by atoms with Gasteiger partial charge in [0.1, 0.15) is 10.6 Å². The lowest BCUT2D eigenvalue weighted by molar-refractivity contribution is -0.111. The first-order chi connectivity index (χ1) is 10.7. The van der Waals surface area contributed by atoms with Gasteiger partial charge in [0.2, 0.25) is 0 Å². The van der Waals surface area contributed by atoms with Crippen LogP contribution in [0.4, 0.5) is 0 Å². The van der Waals surface area contributed by atoms with Gasteiger partial charge in [-0.2, -0.15) is 8.42 Å². The first kappa shape index (κ1) is 17.4. The van der Waals surface area contributed by atoms with E-state index < -0.39 is 10.1 Å². The highest BCUT2D eigenvalue weighted by Crippen LogP contribution is 2.24. The van der Waals surface area contributed by atoms with Crippen LogP contribution < -0.4 is 0 Å². The number of ketones is 1. The van der Waals surface area contributed by atoms with Gasteiger partial charge in [-0.25, -0.2) is 0 Å². The van der Waals surface area contributed by atoms with E-state index in [4.69, 9.17) is 15.9 Å². The van der Waals surface area contributed by atoms with Crippen molar-refractivity contribution in [3.63, 3.8) is 0 Å². The van der Waals surface area contributed by atoms with E-state index in [2.05, 4.69) is 5.16 Å². The number of allylic oxidation sites excluding steroid dienone is 4. The summed E-state index contributed by atoms with van der Waals surface area (Å²) in [4.78, 5) is 11.7. The molecule has 0 spiro atoms. The number of halogens is 1. The zero-order chi connectivity index (χ0) is 17.2. The van der Waals surface area contributed by atoms with Gasteiger partial charge >= 0.3 is 10.1 Å². The summed E-state index contributed by atoms with van der Waals surface area (Å²) >= 11 is 5.87. The summed E-state index contributed by atoms with van der Waals surface area (Å²) < 4.78 is 29.1. The Kier molecular flexibility index (Phi) is 5.06. The lowest BCUT2D eigenvalue weighted by Crippen LogP contribution is -2.16. The average molecular weight is 354 g/mol. The van der Waals surface area contributed by atoms with Crippen LogP contribution >= 0.6 is 11.6 Å². The van der Waals surface area contributed by atoms with Crippen molar-refractivity contribution in [1.82, 2.24) is 0 Å². The Morgan fingerprint density at radius 1 is 1.17 bits per heavy atom. The molecule has 0 atom stereocenters. The van der Waals surface area contributed by atoms with Gasteiger partial charge < -0.3 is 0 Å². The third kappa shape index (κ3) is 3.89. The second-order valence-electron chi connectivity index (χ2n) is 5.38. The molecule has 0 fully saturated rings. The molecule has 0 N–H and O–H groups in total.